The van der Waals surface area contributed by atoms with Crippen LogP contribution in [0.5, 0.6) is 0 Å². The number of aromatic nitrogens is 2. The second kappa shape index (κ2) is 7.68. The number of nitrogens with one attached hydrogen (secondary N) is 1. The Morgan fingerprint density at radius 1 is 1.36 bits per heavy atom. The van der Waals surface area contributed by atoms with Crippen LogP contribution in [0.25, 0.3) is 0 Å². The molecule has 134 valence electrons. The van der Waals surface area contributed by atoms with Crippen LogP contribution in [0.15, 0.2) is 23.7 Å². The lowest BCUT2D eigenvalue weighted by atomic mass is 10.0. The van der Waals surface area contributed by atoms with E-state index >= 15 is 0 Å². The van der Waals surface area contributed by atoms with E-state index in [1.165, 1.54) is 16.9 Å². The Morgan fingerprint density at radius 3 is 3.04 bits per heavy atom. The highest BCUT2D eigenvalue weighted by Gasteiger charge is 2.26. The van der Waals surface area contributed by atoms with Crippen molar-refractivity contribution in [2.75, 3.05) is 26.4 Å². The Balaban J connectivity index is 1.39. The number of rotatable bonds is 5. The standard InChI is InChI=1S/C18H23N3O3S/c22-18(16-2-1-9-25-16)19-10-15-17-14(5-8-24-15)12-21(20-17)11-13-3-6-23-7-4-13/h1-2,9,12-13,15H,3-8,10-11H2,(H,19,22)/t15-/m1/s1. The molecule has 6 nitrogen and oxygen atoms in total. The molecule has 1 atom stereocenters. The fourth-order valence-electron chi connectivity index (χ4n) is 3.45. The van der Waals surface area contributed by atoms with Crippen molar-refractivity contribution in [1.82, 2.24) is 15.1 Å². The van der Waals surface area contributed by atoms with Gasteiger partial charge in [-0.15, -0.1) is 11.3 Å². The van der Waals surface area contributed by atoms with Crippen LogP contribution < -0.4 is 5.32 Å². The van der Waals surface area contributed by atoms with Gasteiger partial charge < -0.3 is 14.8 Å². The molecule has 0 unspecified atom stereocenters. The maximum Gasteiger partial charge on any atom is 0.261 e. The monoisotopic (exact) mass is 361 g/mol. The molecule has 2 aromatic rings. The summed E-state index contributed by atoms with van der Waals surface area (Å²) >= 11 is 1.44. The second-order valence-corrected chi connectivity index (χ2v) is 7.56. The third kappa shape index (κ3) is 3.94. The average molecular weight is 361 g/mol. The molecule has 1 N–H and O–H groups in total. The number of thiophene rings is 1. The van der Waals surface area contributed by atoms with E-state index in [9.17, 15) is 4.79 Å². The number of ether oxygens (including phenoxy) is 2. The van der Waals surface area contributed by atoms with Crippen LogP contribution in [-0.4, -0.2) is 42.1 Å². The van der Waals surface area contributed by atoms with E-state index in [0.717, 1.165) is 49.6 Å². The van der Waals surface area contributed by atoms with Crippen molar-refractivity contribution < 1.29 is 14.3 Å². The molecule has 2 aliphatic heterocycles. The van der Waals surface area contributed by atoms with Crippen molar-refractivity contribution in [2.24, 2.45) is 5.92 Å². The lowest BCUT2D eigenvalue weighted by Crippen LogP contribution is -2.31. The summed E-state index contributed by atoms with van der Waals surface area (Å²) in [5, 5.41) is 9.64. The first-order valence-electron chi connectivity index (χ1n) is 8.87. The average Bonchev–Trinajstić information content (AvgIpc) is 3.30. The van der Waals surface area contributed by atoms with Gasteiger partial charge >= 0.3 is 0 Å². The van der Waals surface area contributed by atoms with Crippen LogP contribution in [0, 0.1) is 5.92 Å². The Labute approximate surface area is 151 Å². The normalized spacial score (nSPS) is 21.0. The van der Waals surface area contributed by atoms with Crippen molar-refractivity contribution in [3.8, 4) is 0 Å². The smallest absolute Gasteiger partial charge is 0.261 e. The highest BCUT2D eigenvalue weighted by molar-refractivity contribution is 7.12. The molecule has 0 radical (unpaired) electrons. The molecule has 0 aromatic carbocycles. The Morgan fingerprint density at radius 2 is 2.24 bits per heavy atom. The summed E-state index contributed by atoms with van der Waals surface area (Å²) in [4.78, 5) is 12.9. The summed E-state index contributed by atoms with van der Waals surface area (Å²) in [7, 11) is 0. The predicted octanol–water partition coefficient (Wildman–Crippen LogP) is 2.42. The zero-order valence-corrected chi connectivity index (χ0v) is 15.0. The summed E-state index contributed by atoms with van der Waals surface area (Å²) in [5.41, 5.74) is 2.22. The molecule has 0 bridgehead atoms. The third-order valence-corrected chi connectivity index (χ3v) is 5.71. The van der Waals surface area contributed by atoms with Gasteiger partial charge in [-0.05, 0) is 42.2 Å². The summed E-state index contributed by atoms with van der Waals surface area (Å²) in [5.74, 6) is 0.584. The number of hydrogen-bond donors (Lipinski definition) is 1. The molecule has 2 aliphatic rings. The molecule has 25 heavy (non-hydrogen) atoms. The van der Waals surface area contributed by atoms with Crippen LogP contribution in [0.3, 0.4) is 0 Å². The zero-order chi connectivity index (χ0) is 17.1. The molecule has 0 saturated carbocycles. The summed E-state index contributed by atoms with van der Waals surface area (Å²) in [6, 6.07) is 3.71. The fourth-order valence-corrected chi connectivity index (χ4v) is 4.09. The molecule has 7 heteroatoms. The van der Waals surface area contributed by atoms with Crippen LogP contribution in [-0.2, 0) is 22.4 Å². The van der Waals surface area contributed by atoms with Crippen LogP contribution in [0.4, 0.5) is 0 Å². The Bertz CT molecular complexity index is 707. The van der Waals surface area contributed by atoms with Crippen molar-refractivity contribution in [3.63, 3.8) is 0 Å². The van der Waals surface area contributed by atoms with Gasteiger partial charge in [0.2, 0.25) is 0 Å². The lowest BCUT2D eigenvalue weighted by Gasteiger charge is -2.22. The van der Waals surface area contributed by atoms with E-state index in [4.69, 9.17) is 14.6 Å². The van der Waals surface area contributed by atoms with Crippen molar-refractivity contribution >= 4 is 17.2 Å². The first kappa shape index (κ1) is 16.8. The maximum atomic E-state index is 12.1. The largest absolute Gasteiger partial charge is 0.381 e. The van der Waals surface area contributed by atoms with Crippen LogP contribution in [0.2, 0.25) is 0 Å². The molecular formula is C18H23N3O3S. The predicted molar refractivity (Wildman–Crippen MR) is 94.8 cm³/mol. The molecular weight excluding hydrogens is 338 g/mol. The minimum Gasteiger partial charge on any atom is -0.381 e. The molecule has 1 saturated heterocycles. The first-order valence-corrected chi connectivity index (χ1v) is 9.75. The van der Waals surface area contributed by atoms with E-state index in [1.54, 1.807) is 0 Å². The maximum absolute atomic E-state index is 12.1. The number of fused-ring (bicyclic) bond motifs is 1. The summed E-state index contributed by atoms with van der Waals surface area (Å²) in [6.07, 6.45) is 5.08. The van der Waals surface area contributed by atoms with Gasteiger partial charge in [-0.3, -0.25) is 9.48 Å². The number of nitrogens with zero attached hydrogens (tertiary/aromatic N) is 2. The fraction of sp³-hybridized carbons (Fsp3) is 0.556. The number of carbonyl (C=O) groups is 1. The highest BCUT2D eigenvalue weighted by Crippen LogP contribution is 2.26. The second-order valence-electron chi connectivity index (χ2n) is 6.61. The van der Waals surface area contributed by atoms with E-state index in [2.05, 4.69) is 16.2 Å². The third-order valence-electron chi connectivity index (χ3n) is 4.84. The van der Waals surface area contributed by atoms with E-state index in [0.29, 0.717) is 19.1 Å². The number of hydrogen-bond acceptors (Lipinski definition) is 5. The molecule has 1 amide bonds. The van der Waals surface area contributed by atoms with Gasteiger partial charge in [-0.1, -0.05) is 6.07 Å². The van der Waals surface area contributed by atoms with Gasteiger partial charge in [0.05, 0.1) is 17.2 Å². The minimum absolute atomic E-state index is 0.0487. The summed E-state index contributed by atoms with van der Waals surface area (Å²) < 4.78 is 13.4. The van der Waals surface area contributed by atoms with Crippen molar-refractivity contribution in [2.45, 2.75) is 31.9 Å². The molecule has 4 rings (SSSR count). The van der Waals surface area contributed by atoms with Crippen LogP contribution >= 0.6 is 11.3 Å². The van der Waals surface area contributed by atoms with Crippen molar-refractivity contribution in [3.05, 3.63) is 39.8 Å². The molecule has 0 spiro atoms. The van der Waals surface area contributed by atoms with Gasteiger partial charge in [-0.2, -0.15) is 5.10 Å². The molecule has 1 fully saturated rings. The lowest BCUT2D eigenvalue weighted by molar-refractivity contribution is 0.0380. The Kier molecular flexibility index (Phi) is 5.14. The zero-order valence-electron chi connectivity index (χ0n) is 14.1. The van der Waals surface area contributed by atoms with Crippen LogP contribution in [0.1, 0.15) is 39.9 Å². The minimum atomic E-state index is -0.163. The SMILES string of the molecule is O=C(NC[C@H]1OCCc2cn(CC3CCOCC3)nc21)c1cccs1. The number of amides is 1. The van der Waals surface area contributed by atoms with Gasteiger partial charge in [-0.25, -0.2) is 0 Å². The highest BCUT2D eigenvalue weighted by atomic mass is 32.1. The van der Waals surface area contributed by atoms with E-state index in [-0.39, 0.29) is 12.0 Å². The quantitative estimate of drug-likeness (QED) is 0.888. The molecule has 0 aliphatic carbocycles. The van der Waals surface area contributed by atoms with E-state index < -0.39 is 0 Å². The Hall–Kier alpha value is -1.70. The van der Waals surface area contributed by atoms with Crippen molar-refractivity contribution in [1.29, 1.82) is 0 Å². The number of carbonyl (C=O) groups excluding carboxylic acids is 1. The van der Waals surface area contributed by atoms with Gasteiger partial charge in [0, 0.05) is 32.5 Å². The molecule has 2 aromatic heterocycles. The molecule has 4 heterocycles. The topological polar surface area (TPSA) is 65.4 Å². The van der Waals surface area contributed by atoms with Gasteiger partial charge in [0.25, 0.3) is 5.91 Å². The van der Waals surface area contributed by atoms with E-state index in [1.807, 2.05) is 17.5 Å². The first-order chi connectivity index (χ1) is 12.3. The van der Waals surface area contributed by atoms with Gasteiger partial charge in [0.15, 0.2) is 0 Å². The summed E-state index contributed by atoms with van der Waals surface area (Å²) in [6.45, 7) is 3.77. The van der Waals surface area contributed by atoms with Gasteiger partial charge in [0.1, 0.15) is 6.10 Å².